The largest absolute Gasteiger partial charge is 0.455 e. The summed E-state index contributed by atoms with van der Waals surface area (Å²) < 4.78 is 8.96. The van der Waals surface area contributed by atoms with Crippen molar-refractivity contribution in [1.82, 2.24) is 24.5 Å². The molecule has 4 heterocycles. The minimum absolute atomic E-state index is 0.387. The number of pyridine rings is 1. The van der Waals surface area contributed by atoms with Gasteiger partial charge in [0, 0.05) is 51.0 Å². The Labute approximate surface area is 363 Å². The van der Waals surface area contributed by atoms with Crippen LogP contribution in [0.25, 0.3) is 106 Å². The van der Waals surface area contributed by atoms with Crippen molar-refractivity contribution in [3.63, 3.8) is 0 Å². The van der Waals surface area contributed by atoms with Crippen LogP contribution in [0.3, 0.4) is 0 Å². The first kappa shape index (κ1) is 36.4. The highest BCUT2D eigenvalue weighted by Gasteiger charge is 2.23. The van der Waals surface area contributed by atoms with E-state index >= 15 is 0 Å². The van der Waals surface area contributed by atoms with Crippen LogP contribution in [0.2, 0.25) is 0 Å². The third-order valence-corrected chi connectivity index (χ3v) is 12.0. The molecule has 0 spiro atoms. The fourth-order valence-electron chi connectivity index (χ4n) is 9.01. The van der Waals surface area contributed by atoms with Crippen LogP contribution >= 0.6 is 0 Å². The summed E-state index contributed by atoms with van der Waals surface area (Å²) in [5.74, 6) is 2.68. The van der Waals surface area contributed by atoms with E-state index in [4.69, 9.17) is 24.4 Å². The zero-order chi connectivity index (χ0) is 41.7. The van der Waals surface area contributed by atoms with Crippen molar-refractivity contribution in [3.8, 4) is 62.0 Å². The second-order valence-corrected chi connectivity index (χ2v) is 15.8. The molecule has 6 heteroatoms. The van der Waals surface area contributed by atoms with Gasteiger partial charge >= 0.3 is 0 Å². The van der Waals surface area contributed by atoms with E-state index in [9.17, 15) is 0 Å². The lowest BCUT2D eigenvalue weighted by atomic mass is 9.91. The molecule has 12 aromatic rings. The summed E-state index contributed by atoms with van der Waals surface area (Å²) in [4.78, 5) is 20.9. The molecular formula is C57H37N5O. The second kappa shape index (κ2) is 15.2. The quantitative estimate of drug-likeness (QED) is 0.153. The molecule has 63 heavy (non-hydrogen) atoms. The van der Waals surface area contributed by atoms with Gasteiger partial charge in [-0.25, -0.2) is 19.9 Å². The maximum Gasteiger partial charge on any atom is 0.163 e. The zero-order valence-electron chi connectivity index (χ0n) is 34.1. The van der Waals surface area contributed by atoms with E-state index in [2.05, 4.69) is 138 Å². The number of nitrogens with zero attached hydrogens (tertiary/aromatic N) is 5. The van der Waals surface area contributed by atoms with E-state index in [1.165, 1.54) is 0 Å². The van der Waals surface area contributed by atoms with Crippen molar-refractivity contribution in [1.29, 1.82) is 0 Å². The number of hydrogen-bond donors (Lipinski definition) is 0. The van der Waals surface area contributed by atoms with Crippen LogP contribution in [0, 0.1) is 0 Å². The molecule has 0 unspecified atom stereocenters. The van der Waals surface area contributed by atoms with Crippen molar-refractivity contribution >= 4 is 43.7 Å². The van der Waals surface area contributed by atoms with Crippen molar-refractivity contribution < 1.29 is 4.42 Å². The molecular weight excluding hydrogens is 771 g/mol. The molecule has 12 rings (SSSR count). The van der Waals surface area contributed by atoms with Gasteiger partial charge in [0.05, 0.1) is 16.4 Å². The van der Waals surface area contributed by atoms with E-state index in [0.29, 0.717) is 23.9 Å². The summed E-state index contributed by atoms with van der Waals surface area (Å²) in [6.07, 6.45) is 2.41. The summed E-state index contributed by atoms with van der Waals surface area (Å²) in [5.41, 5.74) is 13.2. The Morgan fingerprint density at radius 1 is 0.413 bits per heavy atom. The fourth-order valence-corrected chi connectivity index (χ4v) is 9.01. The Morgan fingerprint density at radius 2 is 1.02 bits per heavy atom. The molecule has 0 N–H and O–H groups in total. The maximum atomic E-state index is 6.68. The van der Waals surface area contributed by atoms with Crippen LogP contribution in [0.15, 0.2) is 217 Å². The first-order valence-electron chi connectivity index (χ1n) is 21.2. The lowest BCUT2D eigenvalue weighted by molar-refractivity contribution is 0.673. The molecule has 0 saturated carbocycles. The molecule has 6 nitrogen and oxygen atoms in total. The Bertz CT molecular complexity index is 3580. The number of hydrogen-bond acceptors (Lipinski definition) is 5. The van der Waals surface area contributed by atoms with E-state index in [1.807, 2.05) is 79.0 Å². The van der Waals surface area contributed by atoms with Gasteiger partial charge in [-0.2, -0.15) is 0 Å². The van der Waals surface area contributed by atoms with E-state index < -0.39 is 0 Å². The highest BCUT2D eigenvalue weighted by Crippen LogP contribution is 2.42. The van der Waals surface area contributed by atoms with Crippen LogP contribution in [-0.2, 0) is 6.42 Å². The maximum absolute atomic E-state index is 6.68. The zero-order valence-corrected chi connectivity index (χ0v) is 34.1. The first-order chi connectivity index (χ1) is 31.2. The average Bonchev–Trinajstić information content (AvgIpc) is 3.91. The van der Waals surface area contributed by atoms with Gasteiger partial charge in [-0.15, -0.1) is 0 Å². The van der Waals surface area contributed by atoms with Gasteiger partial charge in [0.15, 0.2) is 11.6 Å². The molecule has 0 fully saturated rings. The summed E-state index contributed by atoms with van der Waals surface area (Å²) in [5, 5.41) is 4.33. The molecule has 296 valence electrons. The van der Waals surface area contributed by atoms with Gasteiger partial charge in [-0.05, 0) is 64.2 Å². The average molecular weight is 808 g/mol. The Hall–Kier alpha value is -8.48. The lowest BCUT2D eigenvalue weighted by Gasteiger charge is -2.17. The normalized spacial score (nSPS) is 11.6. The summed E-state index contributed by atoms with van der Waals surface area (Å²) >= 11 is 0. The number of para-hydroxylation sites is 2. The van der Waals surface area contributed by atoms with Gasteiger partial charge in [0.2, 0.25) is 0 Å². The highest BCUT2D eigenvalue weighted by molar-refractivity contribution is 6.23. The first-order valence-corrected chi connectivity index (χ1v) is 21.2. The minimum atomic E-state index is 0.387. The van der Waals surface area contributed by atoms with Gasteiger partial charge in [0.1, 0.15) is 22.8 Å². The van der Waals surface area contributed by atoms with Crippen LogP contribution in [0.5, 0.6) is 0 Å². The Morgan fingerprint density at radius 3 is 1.71 bits per heavy atom. The van der Waals surface area contributed by atoms with Gasteiger partial charge in [-0.1, -0.05) is 170 Å². The minimum Gasteiger partial charge on any atom is -0.455 e. The van der Waals surface area contributed by atoms with E-state index in [0.717, 1.165) is 99.6 Å². The molecule has 0 atom stereocenters. The SMILES string of the molecule is c1ccc(-c2ccc(-c3ccccc3)c(-c3cnc(-n4c5ccccc5c5c6oc7ccccc7c6ccc54)c(Cc4nc(-c5ccccc5)nc(-c5ccccc5)n4)c3)c2)cc1. The number of rotatable bonds is 8. The van der Waals surface area contributed by atoms with Crippen LogP contribution < -0.4 is 0 Å². The molecule has 0 aliphatic heterocycles. The van der Waals surface area contributed by atoms with Gasteiger partial charge in [0.25, 0.3) is 0 Å². The molecule has 0 saturated heterocycles. The number of aromatic nitrogens is 5. The smallest absolute Gasteiger partial charge is 0.163 e. The van der Waals surface area contributed by atoms with Crippen molar-refractivity contribution in [3.05, 3.63) is 224 Å². The van der Waals surface area contributed by atoms with Crippen molar-refractivity contribution in [2.24, 2.45) is 0 Å². The summed E-state index contributed by atoms with van der Waals surface area (Å²) in [6.45, 7) is 0. The molecule has 0 aliphatic rings. The van der Waals surface area contributed by atoms with Crippen molar-refractivity contribution in [2.75, 3.05) is 0 Å². The van der Waals surface area contributed by atoms with Crippen LogP contribution in [-0.4, -0.2) is 24.5 Å². The fraction of sp³-hybridized carbons (Fsp3) is 0.0175. The monoisotopic (exact) mass is 807 g/mol. The topological polar surface area (TPSA) is 69.6 Å². The van der Waals surface area contributed by atoms with Crippen LogP contribution in [0.1, 0.15) is 11.4 Å². The van der Waals surface area contributed by atoms with Gasteiger partial charge in [-0.3, -0.25) is 4.57 Å². The third-order valence-electron chi connectivity index (χ3n) is 12.0. The molecule has 0 aliphatic carbocycles. The second-order valence-electron chi connectivity index (χ2n) is 15.8. The summed E-state index contributed by atoms with van der Waals surface area (Å²) in [7, 11) is 0. The highest BCUT2D eigenvalue weighted by atomic mass is 16.3. The van der Waals surface area contributed by atoms with E-state index in [1.54, 1.807) is 0 Å². The van der Waals surface area contributed by atoms with Gasteiger partial charge < -0.3 is 4.42 Å². The van der Waals surface area contributed by atoms with Crippen LogP contribution in [0.4, 0.5) is 0 Å². The van der Waals surface area contributed by atoms with Crippen molar-refractivity contribution in [2.45, 2.75) is 6.42 Å². The standard InChI is InChI=1S/C57H37N5O/c1-5-17-37(18-6-1)41-29-30-44(38-19-7-2-8-20-38)48(34-41)43-33-42(35-52-59-55(39-21-9-3-10-22-39)61-56(60-52)40-23-11-4-12-24-40)57(58-36-43)62-49-27-15-13-26-47(49)53-50(62)32-31-46-45-25-14-16-28-51(45)63-54(46)53/h1-34,36H,35H2. The Kier molecular flexibility index (Phi) is 8.78. The number of furan rings is 1. The third kappa shape index (κ3) is 6.44. The molecule has 0 radical (unpaired) electrons. The summed E-state index contributed by atoms with van der Waals surface area (Å²) in [6, 6.07) is 71.6. The molecule has 4 aromatic heterocycles. The molecule has 8 aromatic carbocycles. The number of fused-ring (bicyclic) bond motifs is 7. The predicted octanol–water partition coefficient (Wildman–Crippen LogP) is 14.2. The number of benzene rings is 8. The Balaban J connectivity index is 1.12. The molecule has 0 bridgehead atoms. The van der Waals surface area contributed by atoms with E-state index in [-0.39, 0.29) is 0 Å². The predicted molar refractivity (Wildman–Crippen MR) is 256 cm³/mol. The lowest BCUT2D eigenvalue weighted by Crippen LogP contribution is -2.08. The molecule has 0 amide bonds.